The SMILES string of the molecule is CCO[Si](C)(OCC)C(C)C=Cc1ccccc1. The Balaban J connectivity index is 2.72. The highest BCUT2D eigenvalue weighted by Gasteiger charge is 2.36. The molecule has 0 saturated carbocycles. The maximum atomic E-state index is 5.89. The Labute approximate surface area is 112 Å². The Kier molecular flexibility index (Phi) is 6.33. The summed E-state index contributed by atoms with van der Waals surface area (Å²) in [5.74, 6) is 0. The van der Waals surface area contributed by atoms with Crippen molar-refractivity contribution in [2.45, 2.75) is 32.9 Å². The molecule has 1 aromatic rings. The summed E-state index contributed by atoms with van der Waals surface area (Å²) in [6.45, 7) is 9.80. The summed E-state index contributed by atoms with van der Waals surface area (Å²) < 4.78 is 11.8. The summed E-state index contributed by atoms with van der Waals surface area (Å²) in [5, 5.41) is 0. The van der Waals surface area contributed by atoms with Crippen molar-refractivity contribution in [1.82, 2.24) is 0 Å². The molecule has 0 aromatic heterocycles. The number of allylic oxidation sites excluding steroid dienone is 1. The van der Waals surface area contributed by atoms with Gasteiger partial charge < -0.3 is 8.85 Å². The van der Waals surface area contributed by atoms with Crippen LogP contribution in [0, 0.1) is 0 Å². The van der Waals surface area contributed by atoms with Crippen LogP contribution in [0.25, 0.3) is 6.08 Å². The van der Waals surface area contributed by atoms with Crippen molar-refractivity contribution in [1.29, 1.82) is 0 Å². The van der Waals surface area contributed by atoms with E-state index >= 15 is 0 Å². The first-order chi connectivity index (χ1) is 8.62. The van der Waals surface area contributed by atoms with Gasteiger partial charge in [-0.05, 0) is 26.0 Å². The van der Waals surface area contributed by atoms with E-state index in [0.717, 1.165) is 0 Å². The van der Waals surface area contributed by atoms with Crippen molar-refractivity contribution in [2.75, 3.05) is 13.2 Å². The average Bonchev–Trinajstić information content (AvgIpc) is 2.37. The molecule has 0 radical (unpaired) electrons. The average molecular weight is 264 g/mol. The van der Waals surface area contributed by atoms with Crippen LogP contribution >= 0.6 is 0 Å². The highest BCUT2D eigenvalue weighted by atomic mass is 28.4. The van der Waals surface area contributed by atoms with Gasteiger partial charge in [-0.2, -0.15) is 0 Å². The molecule has 0 bridgehead atoms. The number of hydrogen-bond donors (Lipinski definition) is 0. The minimum Gasteiger partial charge on any atom is -0.394 e. The Morgan fingerprint density at radius 2 is 1.67 bits per heavy atom. The van der Waals surface area contributed by atoms with Crippen molar-refractivity contribution in [3.63, 3.8) is 0 Å². The van der Waals surface area contributed by atoms with Crippen molar-refractivity contribution < 1.29 is 8.85 Å². The fourth-order valence-corrected chi connectivity index (χ4v) is 4.07. The predicted octanol–water partition coefficient (Wildman–Crippen LogP) is 4.23. The molecule has 0 fully saturated rings. The van der Waals surface area contributed by atoms with Gasteiger partial charge in [-0.3, -0.25) is 0 Å². The minimum atomic E-state index is -2.09. The second kappa shape index (κ2) is 7.51. The Morgan fingerprint density at radius 1 is 1.11 bits per heavy atom. The zero-order valence-corrected chi connectivity index (χ0v) is 12.8. The van der Waals surface area contributed by atoms with E-state index in [9.17, 15) is 0 Å². The van der Waals surface area contributed by atoms with E-state index in [1.165, 1.54) is 5.56 Å². The summed E-state index contributed by atoms with van der Waals surface area (Å²) in [7, 11) is -2.09. The van der Waals surface area contributed by atoms with Gasteiger partial charge in [-0.25, -0.2) is 0 Å². The summed E-state index contributed by atoms with van der Waals surface area (Å²) >= 11 is 0. The summed E-state index contributed by atoms with van der Waals surface area (Å²) in [6.07, 6.45) is 4.35. The molecular weight excluding hydrogens is 240 g/mol. The molecule has 1 rings (SSSR count). The number of rotatable bonds is 7. The molecule has 0 spiro atoms. The zero-order valence-electron chi connectivity index (χ0n) is 11.8. The van der Waals surface area contributed by atoms with Gasteiger partial charge in [0.1, 0.15) is 0 Å². The summed E-state index contributed by atoms with van der Waals surface area (Å²) in [4.78, 5) is 0. The molecule has 1 atom stereocenters. The van der Waals surface area contributed by atoms with E-state index in [4.69, 9.17) is 8.85 Å². The molecule has 0 aliphatic rings. The molecule has 1 aromatic carbocycles. The highest BCUT2D eigenvalue weighted by molar-refractivity contribution is 6.68. The first-order valence-corrected chi connectivity index (χ1v) is 9.03. The molecule has 0 aliphatic carbocycles. The lowest BCUT2D eigenvalue weighted by Gasteiger charge is -2.30. The summed E-state index contributed by atoms with van der Waals surface area (Å²) in [6, 6.07) is 10.3. The first-order valence-electron chi connectivity index (χ1n) is 6.63. The fraction of sp³-hybridized carbons (Fsp3) is 0.467. The third kappa shape index (κ3) is 4.41. The Hall–Kier alpha value is -0.903. The molecule has 0 aliphatic heterocycles. The highest BCUT2D eigenvalue weighted by Crippen LogP contribution is 2.26. The van der Waals surface area contributed by atoms with Gasteiger partial charge in [-0.15, -0.1) is 0 Å². The molecule has 2 nitrogen and oxygen atoms in total. The number of benzene rings is 1. The fourth-order valence-electron chi connectivity index (χ4n) is 1.87. The second-order valence-corrected chi connectivity index (χ2v) is 7.96. The van der Waals surface area contributed by atoms with Crippen molar-refractivity contribution >= 4 is 14.6 Å². The second-order valence-electron chi connectivity index (χ2n) is 4.44. The topological polar surface area (TPSA) is 18.5 Å². The van der Waals surface area contributed by atoms with Crippen LogP contribution in [-0.4, -0.2) is 21.8 Å². The van der Waals surface area contributed by atoms with Gasteiger partial charge >= 0.3 is 8.56 Å². The van der Waals surface area contributed by atoms with Gasteiger partial charge in [-0.1, -0.05) is 49.4 Å². The van der Waals surface area contributed by atoms with Crippen LogP contribution in [-0.2, 0) is 8.85 Å². The van der Waals surface area contributed by atoms with E-state index in [0.29, 0.717) is 18.8 Å². The maximum Gasteiger partial charge on any atom is 0.341 e. The van der Waals surface area contributed by atoms with Gasteiger partial charge in [0.05, 0.1) is 0 Å². The van der Waals surface area contributed by atoms with Crippen LogP contribution in [0.15, 0.2) is 36.4 Å². The predicted molar refractivity (Wildman–Crippen MR) is 79.8 cm³/mol. The lowest BCUT2D eigenvalue weighted by atomic mass is 10.2. The van der Waals surface area contributed by atoms with Crippen LogP contribution in [0.5, 0.6) is 0 Å². The lowest BCUT2D eigenvalue weighted by molar-refractivity contribution is 0.184. The van der Waals surface area contributed by atoms with Gasteiger partial charge in [0, 0.05) is 18.8 Å². The Bertz CT molecular complexity index is 356. The van der Waals surface area contributed by atoms with Crippen LogP contribution in [0.4, 0.5) is 0 Å². The third-order valence-corrected chi connectivity index (χ3v) is 6.64. The molecular formula is C15H24O2Si. The quantitative estimate of drug-likeness (QED) is 0.686. The lowest BCUT2D eigenvalue weighted by Crippen LogP contribution is -2.42. The maximum absolute atomic E-state index is 5.89. The molecule has 1 unspecified atom stereocenters. The van der Waals surface area contributed by atoms with Gasteiger partial charge in [0.2, 0.25) is 0 Å². The molecule has 18 heavy (non-hydrogen) atoms. The normalized spacial score (nSPS) is 14.0. The standard InChI is InChI=1S/C15H24O2Si/c1-5-16-18(4,17-6-2)14(3)12-13-15-10-8-7-9-11-15/h7-14H,5-6H2,1-4H3. The largest absolute Gasteiger partial charge is 0.394 e. The minimum absolute atomic E-state index is 0.331. The van der Waals surface area contributed by atoms with E-state index < -0.39 is 8.56 Å². The third-order valence-electron chi connectivity index (χ3n) is 3.07. The van der Waals surface area contributed by atoms with Crippen LogP contribution in [0.2, 0.25) is 12.1 Å². The molecule has 0 N–H and O–H groups in total. The molecule has 100 valence electrons. The van der Waals surface area contributed by atoms with Crippen molar-refractivity contribution in [3.8, 4) is 0 Å². The monoisotopic (exact) mass is 264 g/mol. The van der Waals surface area contributed by atoms with E-state index in [2.05, 4.69) is 37.8 Å². The van der Waals surface area contributed by atoms with Crippen molar-refractivity contribution in [3.05, 3.63) is 42.0 Å². The molecule has 3 heteroatoms. The van der Waals surface area contributed by atoms with Gasteiger partial charge in [0.15, 0.2) is 0 Å². The molecule has 0 heterocycles. The van der Waals surface area contributed by atoms with E-state index in [1.54, 1.807) is 0 Å². The van der Waals surface area contributed by atoms with E-state index in [-0.39, 0.29) is 0 Å². The molecule has 0 amide bonds. The van der Waals surface area contributed by atoms with Gasteiger partial charge in [0.25, 0.3) is 0 Å². The summed E-state index contributed by atoms with van der Waals surface area (Å²) in [5.41, 5.74) is 1.55. The van der Waals surface area contributed by atoms with Crippen LogP contribution in [0.3, 0.4) is 0 Å². The van der Waals surface area contributed by atoms with Crippen LogP contribution < -0.4 is 0 Å². The number of hydrogen-bond acceptors (Lipinski definition) is 2. The zero-order chi connectivity index (χ0) is 13.4. The van der Waals surface area contributed by atoms with E-state index in [1.807, 2.05) is 32.0 Å². The smallest absolute Gasteiger partial charge is 0.341 e. The van der Waals surface area contributed by atoms with Crippen molar-refractivity contribution in [2.24, 2.45) is 0 Å². The molecule has 0 saturated heterocycles. The first kappa shape index (κ1) is 15.2. The van der Waals surface area contributed by atoms with Crippen LogP contribution in [0.1, 0.15) is 26.3 Å². The Morgan fingerprint density at radius 3 is 2.17 bits per heavy atom.